The largest absolute Gasteiger partial charge is 0.495 e. The average molecular weight is 333 g/mol. The van der Waals surface area contributed by atoms with Crippen LogP contribution in [0.2, 0.25) is 0 Å². The topological polar surface area (TPSA) is 84.7 Å². The number of rotatable bonds is 9. The predicted molar refractivity (Wildman–Crippen MR) is 94.0 cm³/mol. The van der Waals surface area contributed by atoms with Crippen LogP contribution in [0.15, 0.2) is 24.3 Å². The van der Waals surface area contributed by atoms with E-state index in [4.69, 9.17) is 10.5 Å². The fourth-order valence-electron chi connectivity index (χ4n) is 2.96. The molecule has 1 aliphatic heterocycles. The maximum atomic E-state index is 12.6. The first-order valence-corrected chi connectivity index (χ1v) is 8.61. The summed E-state index contributed by atoms with van der Waals surface area (Å²) in [5.74, 6) is 0.539. The summed E-state index contributed by atoms with van der Waals surface area (Å²) in [6.45, 7) is 1.28. The minimum atomic E-state index is -0.438. The van der Waals surface area contributed by atoms with E-state index in [0.29, 0.717) is 31.7 Å². The summed E-state index contributed by atoms with van der Waals surface area (Å²) in [5.41, 5.74) is 6.20. The van der Waals surface area contributed by atoms with Crippen LogP contribution in [0.4, 0.5) is 5.69 Å². The van der Waals surface area contributed by atoms with Crippen molar-refractivity contribution in [3.8, 4) is 5.75 Å². The van der Waals surface area contributed by atoms with Crippen LogP contribution in [0.3, 0.4) is 0 Å². The number of hydrogen-bond acceptors (Lipinski definition) is 4. The van der Waals surface area contributed by atoms with Gasteiger partial charge in [-0.05, 0) is 37.9 Å². The quantitative estimate of drug-likeness (QED) is 0.675. The normalized spacial score (nSPS) is 17.2. The van der Waals surface area contributed by atoms with Crippen molar-refractivity contribution in [1.82, 2.24) is 5.32 Å². The van der Waals surface area contributed by atoms with Crippen molar-refractivity contribution < 1.29 is 14.3 Å². The van der Waals surface area contributed by atoms with Crippen LogP contribution in [0.25, 0.3) is 0 Å². The first-order valence-electron chi connectivity index (χ1n) is 8.61. The van der Waals surface area contributed by atoms with E-state index in [-0.39, 0.29) is 11.8 Å². The van der Waals surface area contributed by atoms with Crippen molar-refractivity contribution in [2.45, 2.75) is 44.6 Å². The molecule has 0 aliphatic carbocycles. The van der Waals surface area contributed by atoms with E-state index in [0.717, 1.165) is 31.4 Å². The Kier molecular flexibility index (Phi) is 7.06. The van der Waals surface area contributed by atoms with Crippen LogP contribution >= 0.6 is 0 Å². The zero-order valence-corrected chi connectivity index (χ0v) is 14.3. The molecule has 6 nitrogen and oxygen atoms in total. The number of nitrogens with zero attached hydrogens (tertiary/aromatic N) is 1. The van der Waals surface area contributed by atoms with Crippen LogP contribution < -0.4 is 20.7 Å². The van der Waals surface area contributed by atoms with Crippen LogP contribution in [-0.4, -0.2) is 38.1 Å². The monoisotopic (exact) mass is 333 g/mol. The highest BCUT2D eigenvalue weighted by atomic mass is 16.5. The Labute approximate surface area is 143 Å². The second-order valence-electron chi connectivity index (χ2n) is 6.02. The van der Waals surface area contributed by atoms with Crippen LogP contribution in [-0.2, 0) is 9.59 Å². The fourth-order valence-corrected chi connectivity index (χ4v) is 2.96. The number of para-hydroxylation sites is 2. The highest BCUT2D eigenvalue weighted by Crippen LogP contribution is 2.31. The standard InChI is InChI=1S/C18H27N3O3/c1-24-16-9-6-5-8-15(16)21-13-11-14(18(21)23)20-17(22)10-4-2-3-7-12-19/h5-6,8-9,14H,2-4,7,10-13,19H2,1H3,(H,20,22). The summed E-state index contributed by atoms with van der Waals surface area (Å²) < 4.78 is 5.32. The molecule has 1 aromatic carbocycles. The second kappa shape index (κ2) is 9.27. The molecule has 6 heteroatoms. The predicted octanol–water partition coefficient (Wildman–Crippen LogP) is 1.83. The number of hydrogen-bond donors (Lipinski definition) is 2. The lowest BCUT2D eigenvalue weighted by atomic mass is 10.1. The number of anilines is 1. The van der Waals surface area contributed by atoms with Gasteiger partial charge in [-0.3, -0.25) is 9.59 Å². The van der Waals surface area contributed by atoms with Gasteiger partial charge < -0.3 is 20.7 Å². The molecular formula is C18H27N3O3. The highest BCUT2D eigenvalue weighted by molar-refractivity contribution is 6.02. The van der Waals surface area contributed by atoms with Gasteiger partial charge in [0.25, 0.3) is 0 Å². The molecule has 0 bridgehead atoms. The average Bonchev–Trinajstić information content (AvgIpc) is 2.95. The lowest BCUT2D eigenvalue weighted by Crippen LogP contribution is -2.41. The number of carbonyl (C=O) groups is 2. The van der Waals surface area contributed by atoms with Crippen LogP contribution in [0, 0.1) is 0 Å². The molecule has 0 spiro atoms. The smallest absolute Gasteiger partial charge is 0.249 e. The number of amides is 2. The molecule has 1 fully saturated rings. The Morgan fingerprint density at radius 3 is 2.79 bits per heavy atom. The van der Waals surface area contributed by atoms with Crippen LogP contribution in [0.1, 0.15) is 38.5 Å². The summed E-state index contributed by atoms with van der Waals surface area (Å²) in [5, 5.41) is 2.86. The molecule has 0 saturated carbocycles. The maximum absolute atomic E-state index is 12.6. The summed E-state index contributed by atoms with van der Waals surface area (Å²) in [7, 11) is 1.59. The van der Waals surface area contributed by atoms with Gasteiger partial charge in [0.1, 0.15) is 11.8 Å². The molecule has 1 atom stereocenters. The first kappa shape index (κ1) is 18.3. The van der Waals surface area contributed by atoms with E-state index < -0.39 is 6.04 Å². The van der Waals surface area contributed by atoms with Gasteiger partial charge in [0.05, 0.1) is 12.8 Å². The number of benzene rings is 1. The van der Waals surface area contributed by atoms with Crippen LogP contribution in [0.5, 0.6) is 5.75 Å². The molecular weight excluding hydrogens is 306 g/mol. The SMILES string of the molecule is COc1ccccc1N1CCC(NC(=O)CCCCCCN)C1=O. The molecule has 2 amide bonds. The number of unbranched alkanes of at least 4 members (excludes halogenated alkanes) is 3. The van der Waals surface area contributed by atoms with Crippen molar-refractivity contribution in [1.29, 1.82) is 0 Å². The Morgan fingerprint density at radius 1 is 1.29 bits per heavy atom. The molecule has 1 aliphatic rings. The van der Waals surface area contributed by atoms with Crippen molar-refractivity contribution in [3.63, 3.8) is 0 Å². The molecule has 1 saturated heterocycles. The number of methoxy groups -OCH3 is 1. The molecule has 0 aromatic heterocycles. The van der Waals surface area contributed by atoms with Crippen molar-refractivity contribution in [2.75, 3.05) is 25.1 Å². The summed E-state index contributed by atoms with van der Waals surface area (Å²) in [6, 6.07) is 6.99. The Bertz CT molecular complexity index is 562. The van der Waals surface area contributed by atoms with E-state index in [1.54, 1.807) is 12.0 Å². The number of ether oxygens (including phenoxy) is 1. The number of nitrogens with two attached hydrogens (primary N) is 1. The van der Waals surface area contributed by atoms with E-state index >= 15 is 0 Å². The van der Waals surface area contributed by atoms with Crippen molar-refractivity contribution >= 4 is 17.5 Å². The first-order chi connectivity index (χ1) is 11.7. The molecule has 1 unspecified atom stereocenters. The van der Waals surface area contributed by atoms with Gasteiger partial charge in [-0.15, -0.1) is 0 Å². The molecule has 1 heterocycles. The summed E-state index contributed by atoms with van der Waals surface area (Å²) in [4.78, 5) is 26.3. The van der Waals surface area contributed by atoms with Gasteiger partial charge >= 0.3 is 0 Å². The Balaban J connectivity index is 1.84. The highest BCUT2D eigenvalue weighted by Gasteiger charge is 2.34. The molecule has 3 N–H and O–H groups in total. The number of carbonyl (C=O) groups excluding carboxylic acids is 2. The van der Waals surface area contributed by atoms with E-state index in [1.165, 1.54) is 0 Å². The van der Waals surface area contributed by atoms with Gasteiger partial charge in [0.2, 0.25) is 11.8 Å². The zero-order valence-electron chi connectivity index (χ0n) is 14.3. The molecule has 24 heavy (non-hydrogen) atoms. The summed E-state index contributed by atoms with van der Waals surface area (Å²) >= 11 is 0. The molecule has 132 valence electrons. The lowest BCUT2D eigenvalue weighted by Gasteiger charge is -2.19. The zero-order chi connectivity index (χ0) is 17.4. The van der Waals surface area contributed by atoms with E-state index in [1.807, 2.05) is 24.3 Å². The van der Waals surface area contributed by atoms with Gasteiger partial charge in [0, 0.05) is 13.0 Å². The third-order valence-electron chi connectivity index (χ3n) is 4.27. The second-order valence-corrected chi connectivity index (χ2v) is 6.02. The molecule has 2 rings (SSSR count). The molecule has 1 aromatic rings. The van der Waals surface area contributed by atoms with E-state index in [9.17, 15) is 9.59 Å². The lowest BCUT2D eigenvalue weighted by molar-refractivity contribution is -0.126. The van der Waals surface area contributed by atoms with Gasteiger partial charge in [0.15, 0.2) is 0 Å². The Hall–Kier alpha value is -2.08. The van der Waals surface area contributed by atoms with Gasteiger partial charge in [-0.2, -0.15) is 0 Å². The summed E-state index contributed by atoms with van der Waals surface area (Å²) in [6.07, 6.45) is 4.96. The van der Waals surface area contributed by atoms with Gasteiger partial charge in [-0.25, -0.2) is 0 Å². The molecule has 0 radical (unpaired) electrons. The third-order valence-corrected chi connectivity index (χ3v) is 4.27. The minimum absolute atomic E-state index is 0.0528. The Morgan fingerprint density at radius 2 is 2.04 bits per heavy atom. The third kappa shape index (κ3) is 4.71. The number of nitrogens with one attached hydrogen (secondary N) is 1. The van der Waals surface area contributed by atoms with Crippen molar-refractivity contribution in [3.05, 3.63) is 24.3 Å². The maximum Gasteiger partial charge on any atom is 0.249 e. The van der Waals surface area contributed by atoms with Gasteiger partial charge in [-0.1, -0.05) is 25.0 Å². The minimum Gasteiger partial charge on any atom is -0.495 e. The fraction of sp³-hybridized carbons (Fsp3) is 0.556. The van der Waals surface area contributed by atoms with E-state index in [2.05, 4.69) is 5.32 Å². The van der Waals surface area contributed by atoms with Crippen molar-refractivity contribution in [2.24, 2.45) is 5.73 Å².